The lowest BCUT2D eigenvalue weighted by Gasteiger charge is -2.10. The molecule has 0 atom stereocenters. The Morgan fingerprint density at radius 1 is 0.952 bits per heavy atom. The van der Waals surface area contributed by atoms with Gasteiger partial charge in [-0.3, -0.25) is 4.72 Å². The van der Waals surface area contributed by atoms with Crippen LogP contribution in [0.1, 0.15) is 18.1 Å². The van der Waals surface area contributed by atoms with E-state index in [0.29, 0.717) is 5.69 Å². The van der Waals surface area contributed by atoms with E-state index >= 15 is 0 Å². The van der Waals surface area contributed by atoms with Crippen molar-refractivity contribution in [2.45, 2.75) is 19.2 Å². The summed E-state index contributed by atoms with van der Waals surface area (Å²) in [5.74, 6) is -0.0225. The number of nitrogens with one attached hydrogen (secondary N) is 2. The maximum absolute atomic E-state index is 12.2. The number of anilines is 1. The minimum Gasteiger partial charge on any atom is -0.313 e. The average Bonchev–Trinajstić information content (AvgIpc) is 2.45. The summed E-state index contributed by atoms with van der Waals surface area (Å²) in [6.45, 7) is 3.64. The van der Waals surface area contributed by atoms with Crippen molar-refractivity contribution < 1.29 is 8.42 Å². The Balaban J connectivity index is 2.06. The highest BCUT2D eigenvalue weighted by Gasteiger charge is 2.11. The first-order chi connectivity index (χ1) is 10.1. The molecule has 0 spiro atoms. The molecule has 0 bridgehead atoms. The molecule has 2 N–H and O–H groups in total. The molecule has 112 valence electrons. The summed E-state index contributed by atoms with van der Waals surface area (Å²) in [5, 5.41) is 3.22. The molecule has 0 heterocycles. The van der Waals surface area contributed by atoms with Gasteiger partial charge in [-0.05, 0) is 29.8 Å². The Kier molecular flexibility index (Phi) is 5.36. The Morgan fingerprint density at radius 2 is 1.67 bits per heavy atom. The number of rotatable bonds is 7. The van der Waals surface area contributed by atoms with E-state index in [1.54, 1.807) is 18.2 Å². The molecule has 0 aliphatic rings. The maximum Gasteiger partial charge on any atom is 0.236 e. The summed E-state index contributed by atoms with van der Waals surface area (Å²) in [6.07, 6.45) is 0. The van der Waals surface area contributed by atoms with Gasteiger partial charge in [-0.25, -0.2) is 8.42 Å². The van der Waals surface area contributed by atoms with Gasteiger partial charge in [0.25, 0.3) is 0 Å². The van der Waals surface area contributed by atoms with Crippen molar-refractivity contribution in [3.63, 3.8) is 0 Å². The van der Waals surface area contributed by atoms with Crippen LogP contribution in [0.5, 0.6) is 0 Å². The zero-order valence-electron chi connectivity index (χ0n) is 12.0. The molecule has 0 aliphatic carbocycles. The molecule has 0 saturated heterocycles. The third-order valence-electron chi connectivity index (χ3n) is 2.98. The fourth-order valence-electron chi connectivity index (χ4n) is 2.02. The molecule has 2 aromatic carbocycles. The quantitative estimate of drug-likeness (QED) is 0.827. The number of hydrogen-bond donors (Lipinski definition) is 2. The topological polar surface area (TPSA) is 58.2 Å². The van der Waals surface area contributed by atoms with E-state index in [2.05, 4.69) is 10.0 Å². The normalized spacial score (nSPS) is 11.3. The average molecular weight is 304 g/mol. The van der Waals surface area contributed by atoms with Crippen LogP contribution in [-0.2, 0) is 22.3 Å². The van der Waals surface area contributed by atoms with Crippen LogP contribution >= 0.6 is 0 Å². The summed E-state index contributed by atoms with van der Waals surface area (Å²) in [7, 11) is -3.40. The second kappa shape index (κ2) is 7.24. The summed E-state index contributed by atoms with van der Waals surface area (Å²) in [5.41, 5.74) is 2.42. The Labute approximate surface area is 126 Å². The van der Waals surface area contributed by atoms with Crippen LogP contribution in [0.15, 0.2) is 54.6 Å². The van der Waals surface area contributed by atoms with E-state index in [4.69, 9.17) is 0 Å². The van der Waals surface area contributed by atoms with Crippen LogP contribution in [0, 0.1) is 0 Å². The Hall–Kier alpha value is -1.85. The van der Waals surface area contributed by atoms with E-state index in [9.17, 15) is 8.42 Å². The molecule has 0 saturated carbocycles. The third kappa shape index (κ3) is 5.21. The van der Waals surface area contributed by atoms with Gasteiger partial charge < -0.3 is 5.32 Å². The predicted molar refractivity (Wildman–Crippen MR) is 86.5 cm³/mol. The van der Waals surface area contributed by atoms with Crippen LogP contribution in [-0.4, -0.2) is 15.0 Å². The van der Waals surface area contributed by atoms with Gasteiger partial charge >= 0.3 is 0 Å². The van der Waals surface area contributed by atoms with Crippen molar-refractivity contribution in [3.8, 4) is 0 Å². The van der Waals surface area contributed by atoms with E-state index < -0.39 is 10.0 Å². The van der Waals surface area contributed by atoms with Crippen molar-refractivity contribution in [1.82, 2.24) is 5.32 Å². The van der Waals surface area contributed by atoms with Crippen molar-refractivity contribution in [2.24, 2.45) is 0 Å². The highest BCUT2D eigenvalue weighted by atomic mass is 32.2. The number of sulfonamides is 1. The van der Waals surface area contributed by atoms with Crippen LogP contribution in [0.3, 0.4) is 0 Å². The molecule has 0 unspecified atom stereocenters. The molecule has 2 rings (SSSR count). The standard InChI is InChI=1S/C16H20N2O2S/c1-2-17-12-15-9-6-10-16(11-15)18-21(19,20)13-14-7-4-3-5-8-14/h3-11,17-18H,2,12-13H2,1H3. The van der Waals surface area contributed by atoms with Gasteiger partial charge in [0.05, 0.1) is 5.75 Å². The molecule has 2 aromatic rings. The van der Waals surface area contributed by atoms with E-state index in [-0.39, 0.29) is 5.75 Å². The van der Waals surface area contributed by atoms with Gasteiger partial charge in [-0.15, -0.1) is 0 Å². The first-order valence-corrected chi connectivity index (χ1v) is 8.58. The highest BCUT2D eigenvalue weighted by Crippen LogP contribution is 2.14. The van der Waals surface area contributed by atoms with Crippen molar-refractivity contribution in [1.29, 1.82) is 0 Å². The van der Waals surface area contributed by atoms with Crippen LogP contribution in [0.4, 0.5) is 5.69 Å². The van der Waals surface area contributed by atoms with Gasteiger partial charge in [0.2, 0.25) is 10.0 Å². The van der Waals surface area contributed by atoms with Crippen molar-refractivity contribution in [3.05, 3.63) is 65.7 Å². The molecule has 0 aliphatic heterocycles. The second-order valence-electron chi connectivity index (χ2n) is 4.83. The fourth-order valence-corrected chi connectivity index (χ4v) is 3.21. The van der Waals surface area contributed by atoms with Crippen LogP contribution in [0.2, 0.25) is 0 Å². The molecule has 0 aromatic heterocycles. The number of hydrogen-bond acceptors (Lipinski definition) is 3. The Bertz CT molecular complexity index is 670. The second-order valence-corrected chi connectivity index (χ2v) is 6.55. The number of benzene rings is 2. The lowest BCUT2D eigenvalue weighted by molar-refractivity contribution is 0.600. The fraction of sp³-hybridized carbons (Fsp3) is 0.250. The molecular weight excluding hydrogens is 284 g/mol. The minimum absolute atomic E-state index is 0.0225. The molecule has 4 nitrogen and oxygen atoms in total. The summed E-state index contributed by atoms with van der Waals surface area (Å²) < 4.78 is 27.0. The lowest BCUT2D eigenvalue weighted by Crippen LogP contribution is -2.16. The van der Waals surface area contributed by atoms with Crippen LogP contribution in [0.25, 0.3) is 0 Å². The van der Waals surface area contributed by atoms with Crippen LogP contribution < -0.4 is 10.0 Å². The summed E-state index contributed by atoms with van der Waals surface area (Å²) >= 11 is 0. The molecule has 0 amide bonds. The van der Waals surface area contributed by atoms with Gasteiger partial charge in [0.1, 0.15) is 0 Å². The zero-order valence-corrected chi connectivity index (χ0v) is 12.9. The summed E-state index contributed by atoms with van der Waals surface area (Å²) in [4.78, 5) is 0. The summed E-state index contributed by atoms with van der Waals surface area (Å²) in [6, 6.07) is 16.6. The van der Waals surface area contributed by atoms with Crippen molar-refractivity contribution in [2.75, 3.05) is 11.3 Å². The van der Waals surface area contributed by atoms with E-state index in [1.807, 2.05) is 43.3 Å². The predicted octanol–water partition coefficient (Wildman–Crippen LogP) is 2.74. The SMILES string of the molecule is CCNCc1cccc(NS(=O)(=O)Cc2ccccc2)c1. The van der Waals surface area contributed by atoms with E-state index in [0.717, 1.165) is 24.2 Å². The first kappa shape index (κ1) is 15.5. The van der Waals surface area contributed by atoms with Gasteiger partial charge in [0.15, 0.2) is 0 Å². The lowest BCUT2D eigenvalue weighted by atomic mass is 10.2. The highest BCUT2D eigenvalue weighted by molar-refractivity contribution is 7.91. The molecule has 21 heavy (non-hydrogen) atoms. The first-order valence-electron chi connectivity index (χ1n) is 6.93. The molecule has 5 heteroatoms. The van der Waals surface area contributed by atoms with Crippen molar-refractivity contribution >= 4 is 15.7 Å². The minimum atomic E-state index is -3.40. The molecule has 0 fully saturated rings. The maximum atomic E-state index is 12.2. The van der Waals surface area contributed by atoms with Gasteiger partial charge in [0, 0.05) is 12.2 Å². The van der Waals surface area contributed by atoms with E-state index in [1.165, 1.54) is 0 Å². The third-order valence-corrected chi connectivity index (χ3v) is 4.24. The monoisotopic (exact) mass is 304 g/mol. The Morgan fingerprint density at radius 3 is 2.38 bits per heavy atom. The largest absolute Gasteiger partial charge is 0.313 e. The van der Waals surface area contributed by atoms with Gasteiger partial charge in [-0.1, -0.05) is 49.4 Å². The molecule has 0 radical (unpaired) electrons. The molecular formula is C16H20N2O2S. The zero-order chi connectivity index (χ0) is 15.1. The van der Waals surface area contributed by atoms with Gasteiger partial charge in [-0.2, -0.15) is 0 Å². The smallest absolute Gasteiger partial charge is 0.236 e.